The summed E-state index contributed by atoms with van der Waals surface area (Å²) in [5.74, 6) is -2.09. The standard InChI is InChI=1S/C62H83FN10O9/c1-10-53(74)71-36-62(82-38-71)16-19-69(20-17-62)60(78)67(8)55(39(3)4)57(75)65-51-28-41-25-42(32-63)27-44(26-41)43-14-15-52-47(29-43)49(31-61(6,7)37-81-59(77)50-13-12-18-73(66-50)58(51)76)56(72(52)11-2)48-30-45(33-64-54(48)40(5)79-9)70-22-21-68-23-24-80-35-46(68)34-70/h10,14-15,25-27,29-30,33,39-40,46,50-51,55,66H,1,11-13,16-24,28,31-32,34-38H2,2-9H3,(H,65,75)/t40-,46-,50-,51-,55-/m0/s1. The normalized spacial score (nSPS) is 23.1. The van der Waals surface area contributed by atoms with Gasteiger partial charge in [0.2, 0.25) is 11.8 Å². The van der Waals surface area contributed by atoms with Gasteiger partial charge in [-0.15, -0.1) is 0 Å². The van der Waals surface area contributed by atoms with Crippen LogP contribution in [0.15, 0.2) is 61.3 Å². The van der Waals surface area contributed by atoms with Crippen molar-refractivity contribution in [1.82, 2.24) is 44.9 Å². The number of amides is 5. The van der Waals surface area contributed by atoms with Crippen molar-refractivity contribution in [3.8, 4) is 22.4 Å². The summed E-state index contributed by atoms with van der Waals surface area (Å²) in [5.41, 5.74) is 10.4. The zero-order chi connectivity index (χ0) is 58.2. The highest BCUT2D eigenvalue weighted by Crippen LogP contribution is 2.44. The Kier molecular flexibility index (Phi) is 17.5. The number of esters is 1. The lowest BCUT2D eigenvalue weighted by atomic mass is 9.84. The minimum atomic E-state index is -1.20. The summed E-state index contributed by atoms with van der Waals surface area (Å²) < 4.78 is 41.9. The van der Waals surface area contributed by atoms with Crippen molar-refractivity contribution in [3.05, 3.63) is 83.7 Å². The number of hydrazine groups is 1. The van der Waals surface area contributed by atoms with E-state index in [1.165, 1.54) is 16.0 Å². The molecule has 2 N–H and O–H groups in total. The molecule has 5 amide bonds. The number of ether oxygens (including phenoxy) is 4. The number of likely N-dealkylation sites (tertiary alicyclic amines) is 1. The first-order chi connectivity index (χ1) is 39.3. The molecule has 442 valence electrons. The van der Waals surface area contributed by atoms with E-state index in [0.717, 1.165) is 83.0 Å². The van der Waals surface area contributed by atoms with Crippen molar-refractivity contribution < 1.29 is 47.3 Å². The van der Waals surface area contributed by atoms with Gasteiger partial charge in [0.25, 0.3) is 5.91 Å². The second kappa shape index (κ2) is 24.4. The number of rotatable bonds is 11. The number of hydrogen-bond acceptors (Lipinski definition) is 13. The molecular formula is C62H83FN10O9. The smallest absolute Gasteiger partial charge is 0.324 e. The van der Waals surface area contributed by atoms with Crippen LogP contribution in [0.1, 0.15) is 95.7 Å². The number of likely N-dealkylation sites (N-methyl/N-ethyl adjacent to an activating group) is 1. The molecule has 5 saturated heterocycles. The quantitative estimate of drug-likeness (QED) is 0.120. The third-order valence-corrected chi connectivity index (χ3v) is 17.8. The van der Waals surface area contributed by atoms with Gasteiger partial charge in [-0.2, -0.15) is 0 Å². The molecule has 6 bridgehead atoms. The number of anilines is 1. The summed E-state index contributed by atoms with van der Waals surface area (Å²) in [6.07, 6.45) is 5.30. The largest absolute Gasteiger partial charge is 0.464 e. The molecule has 6 aliphatic rings. The summed E-state index contributed by atoms with van der Waals surface area (Å²) >= 11 is 0. The van der Waals surface area contributed by atoms with Crippen LogP contribution in [-0.4, -0.2) is 187 Å². The van der Waals surface area contributed by atoms with E-state index in [-0.39, 0.29) is 56.3 Å². The van der Waals surface area contributed by atoms with Gasteiger partial charge < -0.3 is 48.4 Å². The number of morpholine rings is 1. The molecule has 0 unspecified atom stereocenters. The third kappa shape index (κ3) is 12.0. The van der Waals surface area contributed by atoms with Gasteiger partial charge >= 0.3 is 12.0 Å². The second-order valence-corrected chi connectivity index (χ2v) is 24.5. The maximum atomic E-state index is 15.3. The van der Waals surface area contributed by atoms with Crippen molar-refractivity contribution in [2.75, 3.05) is 98.0 Å². The second-order valence-electron chi connectivity index (χ2n) is 24.5. The van der Waals surface area contributed by atoms with Crippen LogP contribution in [0, 0.1) is 11.3 Å². The van der Waals surface area contributed by atoms with E-state index in [2.05, 4.69) is 76.7 Å². The number of cyclic esters (lactones) is 1. The van der Waals surface area contributed by atoms with Gasteiger partial charge in [0.15, 0.2) is 0 Å². The molecule has 2 aromatic heterocycles. The number of nitrogens with zero attached hydrogens (tertiary/aromatic N) is 8. The van der Waals surface area contributed by atoms with Gasteiger partial charge in [-0.25, -0.2) is 14.6 Å². The predicted molar refractivity (Wildman–Crippen MR) is 310 cm³/mol. The molecule has 19 nitrogen and oxygen atoms in total. The van der Waals surface area contributed by atoms with E-state index in [1.807, 2.05) is 39.1 Å². The van der Waals surface area contributed by atoms with Gasteiger partial charge in [0.1, 0.15) is 31.5 Å². The summed E-state index contributed by atoms with van der Waals surface area (Å²) in [6.45, 7) is 22.1. The minimum Gasteiger partial charge on any atom is -0.464 e. The minimum absolute atomic E-state index is 0.0224. The maximum absolute atomic E-state index is 15.3. The third-order valence-electron chi connectivity index (χ3n) is 17.8. The molecule has 6 aliphatic heterocycles. The van der Waals surface area contributed by atoms with Crippen LogP contribution in [0.4, 0.5) is 14.9 Å². The van der Waals surface area contributed by atoms with E-state index in [9.17, 15) is 19.2 Å². The number of carbonyl (C=O) groups is 5. The number of piperidine rings is 1. The Morgan fingerprint density at radius 1 is 1.01 bits per heavy atom. The fourth-order valence-corrected chi connectivity index (χ4v) is 13.3. The fourth-order valence-electron chi connectivity index (χ4n) is 13.3. The molecule has 0 saturated carbocycles. The number of aryl methyl sites for hydroxylation is 1. The highest BCUT2D eigenvalue weighted by molar-refractivity contribution is 5.96. The number of pyridine rings is 1. The van der Waals surface area contributed by atoms with Crippen LogP contribution in [0.25, 0.3) is 33.3 Å². The average Bonchev–Trinajstić information content (AvgIpc) is 2.95. The monoisotopic (exact) mass is 1130 g/mol. The van der Waals surface area contributed by atoms with Crippen LogP contribution < -0.4 is 15.6 Å². The molecule has 82 heavy (non-hydrogen) atoms. The average molecular weight is 1130 g/mol. The van der Waals surface area contributed by atoms with Crippen molar-refractivity contribution in [3.63, 3.8) is 0 Å². The maximum Gasteiger partial charge on any atom is 0.324 e. The lowest BCUT2D eigenvalue weighted by molar-refractivity contribution is -0.155. The number of benzene rings is 2. The number of piperazine rings is 1. The number of hydrogen-bond donors (Lipinski definition) is 2. The molecule has 8 heterocycles. The zero-order valence-corrected chi connectivity index (χ0v) is 49.1. The number of methoxy groups -OCH3 is 1. The number of aromatic nitrogens is 2. The topological polar surface area (TPSA) is 184 Å². The number of nitrogens with one attached hydrogen (secondary N) is 2. The van der Waals surface area contributed by atoms with Gasteiger partial charge in [0.05, 0.1) is 67.4 Å². The first-order valence-corrected chi connectivity index (χ1v) is 29.4. The van der Waals surface area contributed by atoms with Crippen LogP contribution in [0.3, 0.4) is 0 Å². The molecule has 4 aromatic rings. The van der Waals surface area contributed by atoms with Gasteiger partial charge in [0, 0.05) is 94.8 Å². The first-order valence-electron chi connectivity index (χ1n) is 29.4. The van der Waals surface area contributed by atoms with E-state index >= 15 is 9.18 Å². The molecule has 20 heteroatoms. The van der Waals surface area contributed by atoms with Crippen LogP contribution in [-0.2, 0) is 64.2 Å². The fraction of sp³-hybridized carbons (Fsp3) is 0.581. The van der Waals surface area contributed by atoms with E-state index in [0.29, 0.717) is 76.0 Å². The summed E-state index contributed by atoms with van der Waals surface area (Å²) in [6, 6.07) is 11.0. The predicted octanol–water partition coefficient (Wildman–Crippen LogP) is 6.65. The molecular weight excluding hydrogens is 1050 g/mol. The van der Waals surface area contributed by atoms with Gasteiger partial charge in [-0.05, 0) is 110 Å². The van der Waals surface area contributed by atoms with Gasteiger partial charge in [-0.1, -0.05) is 52.5 Å². The number of alkyl halides is 1. The SMILES string of the molecule is C=CC(=O)N1COC2(CCN(C(=O)N(C)[C@H](C(=O)N[C@H]3Cc4cc(CF)cc(c4)-c4ccc5c(c4)c(c(-c4cc(N6CCN7CCOC[C@@H]7C6)cnc4[C@H](C)OC)n5CC)CC(C)(C)COC(=O)[C@@H]4CCCN(N4)C3=O)C(C)C)CC2)C1. The number of halogens is 1. The first kappa shape index (κ1) is 58.7. The van der Waals surface area contributed by atoms with E-state index < -0.39 is 53.6 Å². The number of urea groups is 1. The summed E-state index contributed by atoms with van der Waals surface area (Å²) in [5, 5.41) is 5.45. The Morgan fingerprint density at radius 2 is 1.80 bits per heavy atom. The molecule has 0 aliphatic carbocycles. The number of carbonyl (C=O) groups excluding carboxylic acids is 5. The van der Waals surface area contributed by atoms with Crippen molar-refractivity contribution in [1.29, 1.82) is 0 Å². The molecule has 10 rings (SSSR count). The Balaban J connectivity index is 1.01. The van der Waals surface area contributed by atoms with Gasteiger partial charge in [-0.3, -0.25) is 34.1 Å². The zero-order valence-electron chi connectivity index (χ0n) is 49.1. The number of fused-ring (bicyclic) bond motifs is 7. The van der Waals surface area contributed by atoms with Crippen LogP contribution >= 0.6 is 0 Å². The van der Waals surface area contributed by atoms with Crippen molar-refractivity contribution in [2.24, 2.45) is 11.3 Å². The molecule has 2 aromatic carbocycles. The Morgan fingerprint density at radius 3 is 2.54 bits per heavy atom. The lowest BCUT2D eigenvalue weighted by Gasteiger charge is -2.44. The van der Waals surface area contributed by atoms with E-state index in [1.54, 1.807) is 30.0 Å². The van der Waals surface area contributed by atoms with Crippen LogP contribution in [0.2, 0.25) is 0 Å². The highest BCUT2D eigenvalue weighted by Gasteiger charge is 2.46. The summed E-state index contributed by atoms with van der Waals surface area (Å²) in [7, 11) is 3.30. The molecule has 5 atom stereocenters. The summed E-state index contributed by atoms with van der Waals surface area (Å²) in [4.78, 5) is 85.7. The lowest BCUT2D eigenvalue weighted by Crippen LogP contribution is -2.62. The van der Waals surface area contributed by atoms with Crippen LogP contribution in [0.5, 0.6) is 0 Å². The Hall–Kier alpha value is -6.45. The van der Waals surface area contributed by atoms with Crippen molar-refractivity contribution in [2.45, 2.75) is 129 Å². The van der Waals surface area contributed by atoms with E-state index in [4.69, 9.17) is 23.9 Å². The molecule has 1 spiro atoms. The molecule has 0 radical (unpaired) electrons. The Labute approximate surface area is 481 Å². The molecule has 5 fully saturated rings. The highest BCUT2D eigenvalue weighted by atomic mass is 19.1. The van der Waals surface area contributed by atoms with Crippen molar-refractivity contribution >= 4 is 46.3 Å². The Bertz CT molecular complexity index is 3070.